The van der Waals surface area contributed by atoms with Gasteiger partial charge in [0.1, 0.15) is 0 Å². The zero-order valence-corrected chi connectivity index (χ0v) is 12.4. The van der Waals surface area contributed by atoms with E-state index >= 15 is 0 Å². The Kier molecular flexibility index (Phi) is 2.90. The van der Waals surface area contributed by atoms with Crippen LogP contribution in [0.3, 0.4) is 0 Å². The maximum atomic E-state index is 5.68. The van der Waals surface area contributed by atoms with Crippen molar-refractivity contribution in [2.75, 3.05) is 11.4 Å². The molecule has 1 saturated heterocycles. The lowest BCUT2D eigenvalue weighted by molar-refractivity contribution is 0.136. The number of benzene rings is 1. The quantitative estimate of drug-likeness (QED) is 0.879. The van der Waals surface area contributed by atoms with Gasteiger partial charge in [0.05, 0.1) is 0 Å². The molecule has 2 fully saturated rings. The van der Waals surface area contributed by atoms with E-state index in [4.69, 9.17) is 5.73 Å². The molecule has 2 aliphatic rings. The van der Waals surface area contributed by atoms with E-state index in [0.717, 1.165) is 6.04 Å². The van der Waals surface area contributed by atoms with Crippen LogP contribution in [0.2, 0.25) is 0 Å². The number of anilines is 1. The van der Waals surface area contributed by atoms with Crippen molar-refractivity contribution in [2.24, 2.45) is 16.6 Å². The first-order valence-electron chi connectivity index (χ1n) is 7.47. The molecular weight excluding hydrogens is 232 g/mol. The summed E-state index contributed by atoms with van der Waals surface area (Å²) < 4.78 is 0. The normalized spacial score (nSPS) is 32.6. The van der Waals surface area contributed by atoms with E-state index in [0.29, 0.717) is 17.4 Å². The Labute approximate surface area is 117 Å². The zero-order chi connectivity index (χ0) is 13.7. The Morgan fingerprint density at radius 1 is 1.16 bits per heavy atom. The van der Waals surface area contributed by atoms with Crippen LogP contribution in [-0.2, 0) is 6.54 Å². The number of nitrogens with zero attached hydrogens (tertiary/aromatic N) is 1. The summed E-state index contributed by atoms with van der Waals surface area (Å²) in [4.78, 5) is 2.63. The highest BCUT2D eigenvalue weighted by Crippen LogP contribution is 2.53. The molecule has 2 N–H and O–H groups in total. The second-order valence-electron chi connectivity index (χ2n) is 7.71. The molecular formula is C17H26N2. The van der Waals surface area contributed by atoms with Crippen LogP contribution in [0.4, 0.5) is 5.69 Å². The van der Waals surface area contributed by atoms with Gasteiger partial charge in [-0.15, -0.1) is 0 Å². The van der Waals surface area contributed by atoms with E-state index in [-0.39, 0.29) is 0 Å². The van der Waals surface area contributed by atoms with Gasteiger partial charge in [-0.1, -0.05) is 32.9 Å². The molecule has 1 aromatic rings. The Hall–Kier alpha value is -1.02. The molecule has 2 heteroatoms. The topological polar surface area (TPSA) is 29.3 Å². The van der Waals surface area contributed by atoms with Crippen LogP contribution in [0.25, 0.3) is 0 Å². The number of hydrogen-bond acceptors (Lipinski definition) is 2. The fraction of sp³-hybridized carbons (Fsp3) is 0.647. The average Bonchev–Trinajstić information content (AvgIpc) is 2.59. The first-order valence-corrected chi connectivity index (χ1v) is 7.47. The van der Waals surface area contributed by atoms with E-state index in [2.05, 4.69) is 49.9 Å². The molecule has 1 saturated carbocycles. The highest BCUT2D eigenvalue weighted by atomic mass is 15.2. The van der Waals surface area contributed by atoms with Crippen LogP contribution < -0.4 is 10.6 Å². The summed E-state index contributed by atoms with van der Waals surface area (Å²) in [5, 5.41) is 0. The van der Waals surface area contributed by atoms with Crippen molar-refractivity contribution in [3.05, 3.63) is 29.8 Å². The highest BCUT2D eigenvalue weighted by Gasteiger charge is 2.49. The van der Waals surface area contributed by atoms with Crippen LogP contribution in [0.5, 0.6) is 0 Å². The van der Waals surface area contributed by atoms with Crippen molar-refractivity contribution < 1.29 is 0 Å². The molecule has 0 spiro atoms. The largest absolute Gasteiger partial charge is 0.368 e. The van der Waals surface area contributed by atoms with Crippen LogP contribution in [-0.4, -0.2) is 12.6 Å². The van der Waals surface area contributed by atoms with E-state index in [1.807, 2.05) is 0 Å². The molecule has 0 radical (unpaired) electrons. The summed E-state index contributed by atoms with van der Waals surface area (Å²) >= 11 is 0. The standard InChI is InChI=1S/C17H26N2/c1-16(2)8-15-9-17(3,11-16)12-19(15)14-6-4-13(10-18)5-7-14/h4-7,15H,8-12,18H2,1-3H3/t15-,17?/m1/s1. The fourth-order valence-corrected chi connectivity index (χ4v) is 4.59. The lowest BCUT2D eigenvalue weighted by atomic mass is 9.65. The maximum absolute atomic E-state index is 5.68. The van der Waals surface area contributed by atoms with Gasteiger partial charge >= 0.3 is 0 Å². The van der Waals surface area contributed by atoms with Crippen molar-refractivity contribution in [3.8, 4) is 0 Å². The lowest BCUT2D eigenvalue weighted by Gasteiger charge is -2.39. The van der Waals surface area contributed by atoms with Crippen LogP contribution >= 0.6 is 0 Å². The van der Waals surface area contributed by atoms with Gasteiger partial charge in [0.15, 0.2) is 0 Å². The Morgan fingerprint density at radius 2 is 1.84 bits per heavy atom. The third kappa shape index (κ3) is 2.38. The molecule has 2 bridgehead atoms. The van der Waals surface area contributed by atoms with Crippen molar-refractivity contribution in [1.29, 1.82) is 0 Å². The average molecular weight is 258 g/mol. The van der Waals surface area contributed by atoms with Gasteiger partial charge in [0, 0.05) is 24.8 Å². The molecule has 1 heterocycles. The summed E-state index contributed by atoms with van der Waals surface area (Å²) in [6.45, 7) is 9.17. The molecule has 0 amide bonds. The zero-order valence-electron chi connectivity index (χ0n) is 12.4. The lowest BCUT2D eigenvalue weighted by Crippen LogP contribution is -2.34. The molecule has 2 nitrogen and oxygen atoms in total. The SMILES string of the molecule is CC1(C)C[C@@H]2CC(C)(CN2c2ccc(CN)cc2)C1. The van der Waals surface area contributed by atoms with Gasteiger partial charge in [-0.2, -0.15) is 0 Å². The van der Waals surface area contributed by atoms with Crippen LogP contribution in [0.1, 0.15) is 45.6 Å². The van der Waals surface area contributed by atoms with Crippen LogP contribution in [0, 0.1) is 10.8 Å². The van der Waals surface area contributed by atoms with E-state index in [9.17, 15) is 0 Å². The summed E-state index contributed by atoms with van der Waals surface area (Å²) in [5.74, 6) is 0. The number of rotatable bonds is 2. The molecule has 1 unspecified atom stereocenters. The molecule has 104 valence electrons. The van der Waals surface area contributed by atoms with Gasteiger partial charge < -0.3 is 10.6 Å². The minimum atomic E-state index is 0.490. The molecule has 3 rings (SSSR count). The minimum Gasteiger partial charge on any atom is -0.368 e. The highest BCUT2D eigenvalue weighted by molar-refractivity contribution is 5.50. The minimum absolute atomic E-state index is 0.490. The van der Waals surface area contributed by atoms with Gasteiger partial charge in [-0.05, 0) is 47.8 Å². The van der Waals surface area contributed by atoms with Gasteiger partial charge in [0.25, 0.3) is 0 Å². The third-order valence-electron chi connectivity index (χ3n) is 4.92. The van der Waals surface area contributed by atoms with E-state index in [1.54, 1.807) is 0 Å². The molecule has 1 aliphatic heterocycles. The Bertz CT molecular complexity index is 463. The van der Waals surface area contributed by atoms with E-state index in [1.165, 1.54) is 37.1 Å². The summed E-state index contributed by atoms with van der Waals surface area (Å²) in [7, 11) is 0. The number of nitrogens with two attached hydrogens (primary N) is 1. The second-order valence-corrected chi connectivity index (χ2v) is 7.71. The Balaban J connectivity index is 1.86. The maximum Gasteiger partial charge on any atom is 0.0369 e. The molecule has 2 atom stereocenters. The van der Waals surface area contributed by atoms with E-state index < -0.39 is 0 Å². The van der Waals surface area contributed by atoms with Crippen molar-refractivity contribution in [1.82, 2.24) is 0 Å². The first kappa shape index (κ1) is 13.0. The van der Waals surface area contributed by atoms with Gasteiger partial charge in [-0.3, -0.25) is 0 Å². The third-order valence-corrected chi connectivity index (χ3v) is 4.92. The predicted molar refractivity (Wildman–Crippen MR) is 81.2 cm³/mol. The number of fused-ring (bicyclic) bond motifs is 2. The fourth-order valence-electron chi connectivity index (χ4n) is 4.59. The molecule has 1 aliphatic carbocycles. The van der Waals surface area contributed by atoms with Crippen molar-refractivity contribution >= 4 is 5.69 Å². The van der Waals surface area contributed by atoms with Crippen molar-refractivity contribution in [3.63, 3.8) is 0 Å². The predicted octanol–water partition coefficient (Wildman–Crippen LogP) is 3.55. The molecule has 0 aromatic heterocycles. The molecule has 19 heavy (non-hydrogen) atoms. The van der Waals surface area contributed by atoms with Crippen LogP contribution in [0.15, 0.2) is 24.3 Å². The number of hydrogen-bond donors (Lipinski definition) is 1. The van der Waals surface area contributed by atoms with Crippen molar-refractivity contribution in [2.45, 2.75) is 52.6 Å². The smallest absolute Gasteiger partial charge is 0.0369 e. The Morgan fingerprint density at radius 3 is 2.47 bits per heavy atom. The van der Waals surface area contributed by atoms with Gasteiger partial charge in [-0.25, -0.2) is 0 Å². The monoisotopic (exact) mass is 258 g/mol. The summed E-state index contributed by atoms with van der Waals surface area (Å²) in [5.41, 5.74) is 9.27. The summed E-state index contributed by atoms with van der Waals surface area (Å²) in [6.07, 6.45) is 4.03. The molecule has 1 aromatic carbocycles. The first-order chi connectivity index (χ1) is 8.91. The summed E-state index contributed by atoms with van der Waals surface area (Å²) in [6, 6.07) is 9.56. The van der Waals surface area contributed by atoms with Gasteiger partial charge in [0.2, 0.25) is 0 Å². The second kappa shape index (κ2) is 4.24.